The van der Waals surface area contributed by atoms with Gasteiger partial charge in [-0.05, 0) is 181 Å². The number of carbonyl (C=O) groups is 10. The number of carboxylic acids is 2. The molecule has 0 bridgehead atoms. The molecule has 0 aromatic heterocycles. The van der Waals surface area contributed by atoms with Crippen LogP contribution < -0.4 is 106 Å². The molecule has 0 heterocycles. The van der Waals surface area contributed by atoms with Crippen LogP contribution in [0.2, 0.25) is 0 Å². The maximum Gasteiger partial charge on any atom is 0.326 e. The van der Waals surface area contributed by atoms with Gasteiger partial charge >= 0.3 is 11.9 Å². The Bertz CT molecular complexity index is 2100. The minimum Gasteiger partial charge on any atom is -0.481 e. The van der Waals surface area contributed by atoms with E-state index in [1.165, 1.54) is 0 Å². The van der Waals surface area contributed by atoms with Gasteiger partial charge in [-0.15, -0.1) is 0 Å². The monoisotopic (exact) mass is 1230 g/mol. The maximum atomic E-state index is 14.6. The van der Waals surface area contributed by atoms with E-state index in [9.17, 15) is 58.2 Å². The smallest absolute Gasteiger partial charge is 0.326 e. The first-order valence-electron chi connectivity index (χ1n) is 29.9. The molecule has 86 heavy (non-hydrogen) atoms. The predicted molar refractivity (Wildman–Crippen MR) is 325 cm³/mol. The van der Waals surface area contributed by atoms with Crippen molar-refractivity contribution in [1.29, 1.82) is 0 Å². The van der Waals surface area contributed by atoms with Crippen molar-refractivity contribution in [3.63, 3.8) is 0 Å². The second-order valence-corrected chi connectivity index (χ2v) is 21.0. The van der Waals surface area contributed by atoms with E-state index in [2.05, 4.69) is 52.5 Å². The zero-order valence-corrected chi connectivity index (χ0v) is 50.0. The summed E-state index contributed by atoms with van der Waals surface area (Å²) in [6, 6.07) is -11.9. The molecule has 0 radical (unpaired) electrons. The van der Waals surface area contributed by atoms with Gasteiger partial charge in [0.2, 0.25) is 47.3 Å². The van der Waals surface area contributed by atoms with Crippen LogP contribution in [-0.2, 0) is 47.9 Å². The number of carbonyl (C=O) groups excluding carboxylic acids is 8. The number of hydrogen-bond acceptors (Lipinski definition) is 19. The Hall–Kier alpha value is -7.04. The molecule has 33 heteroatoms. The summed E-state index contributed by atoms with van der Waals surface area (Å²) < 4.78 is 0. The van der Waals surface area contributed by atoms with Gasteiger partial charge in [0, 0.05) is 19.5 Å². The van der Waals surface area contributed by atoms with Crippen molar-refractivity contribution in [1.82, 2.24) is 42.5 Å². The third-order valence-electron chi connectivity index (χ3n) is 13.6. The third kappa shape index (κ3) is 36.7. The van der Waals surface area contributed by atoms with Crippen molar-refractivity contribution >= 4 is 71.1 Å². The molecule has 0 aliphatic carbocycles. The van der Waals surface area contributed by atoms with Crippen molar-refractivity contribution < 1.29 is 58.2 Å². The van der Waals surface area contributed by atoms with Gasteiger partial charge in [0.1, 0.15) is 48.3 Å². The summed E-state index contributed by atoms with van der Waals surface area (Å²) in [4.78, 5) is 144. The summed E-state index contributed by atoms with van der Waals surface area (Å²) in [7, 11) is 0. The van der Waals surface area contributed by atoms with E-state index in [-0.39, 0.29) is 115 Å². The van der Waals surface area contributed by atoms with Crippen molar-refractivity contribution in [2.45, 2.75) is 208 Å². The Balaban J connectivity index is 7.22. The maximum absolute atomic E-state index is 14.6. The summed E-state index contributed by atoms with van der Waals surface area (Å²) >= 11 is 0. The van der Waals surface area contributed by atoms with Gasteiger partial charge in [0.25, 0.3) is 0 Å². The number of nitrogens with one attached hydrogen (secondary N) is 8. The van der Waals surface area contributed by atoms with Crippen LogP contribution in [0.4, 0.5) is 0 Å². The molecule has 494 valence electrons. The van der Waals surface area contributed by atoms with Crippen LogP contribution in [0, 0.1) is 0 Å². The highest BCUT2D eigenvalue weighted by atomic mass is 16.4. The molecule has 0 spiro atoms. The second-order valence-electron chi connectivity index (χ2n) is 21.0. The van der Waals surface area contributed by atoms with Gasteiger partial charge < -0.3 is 116 Å². The van der Waals surface area contributed by atoms with Crippen LogP contribution in [0.5, 0.6) is 0 Å². The number of aliphatic imine (C=N–C) groups is 2. The minimum absolute atomic E-state index is 0.00447. The molecule has 0 aliphatic heterocycles. The summed E-state index contributed by atoms with van der Waals surface area (Å²) in [5.41, 5.74) is 62.6. The standard InChI is InChI=1S/C53H105N21O12/c54-25-7-1-15-33(60)43(77)67-34(16-2-8-26-55)44(78)68-35(17-3-9-27-56)45(79)69-36(18-4-10-28-57)46(80)71-38(21-13-31-65-52(61)62)48(82)70-37(19-5-11-29-58)47(81)72-39(22-14-32-66-53(63)64)49(83)73-40(23-24-42(75)76)50(84)74-41(51(85)86)20-6-12-30-59/h33-41H,1-32,54-60H2,(H,67,77)(H,68,78)(H,69,79)(H,70,82)(H,71,80)(H,72,81)(H,73,83)(H,74,84)(H,75,76)(H,85,86)(H4,61,62,65)(H4,63,64,66)/t33-,34-,35-,36-,37-,38-,39-,40-,41-/m0/s1. The quantitative estimate of drug-likeness (QED) is 0.0153. The van der Waals surface area contributed by atoms with Gasteiger partial charge in [-0.25, -0.2) is 4.79 Å². The molecule has 0 saturated carbocycles. The molecule has 0 aliphatic rings. The molecule has 0 unspecified atom stereocenters. The van der Waals surface area contributed by atoms with E-state index in [4.69, 9.17) is 63.1 Å². The molecule has 33 nitrogen and oxygen atoms in total. The van der Waals surface area contributed by atoms with Gasteiger partial charge in [-0.1, -0.05) is 6.42 Å². The zero-order valence-electron chi connectivity index (χ0n) is 50.0. The highest BCUT2D eigenvalue weighted by Crippen LogP contribution is 2.13. The Morgan fingerprint density at radius 1 is 0.302 bits per heavy atom. The Labute approximate surface area is 504 Å². The van der Waals surface area contributed by atoms with Crippen LogP contribution in [-0.4, -0.2) is 188 Å². The Kier molecular flexibility index (Phi) is 44.2. The Morgan fingerprint density at radius 2 is 0.523 bits per heavy atom. The van der Waals surface area contributed by atoms with Crippen LogP contribution in [0.1, 0.15) is 154 Å². The number of rotatable bonds is 52. The van der Waals surface area contributed by atoms with Crippen LogP contribution in [0.25, 0.3) is 0 Å². The number of nitrogens with zero attached hydrogens (tertiary/aromatic N) is 2. The van der Waals surface area contributed by atoms with Crippen molar-refractivity contribution in [2.75, 3.05) is 52.4 Å². The average Bonchev–Trinajstić information content (AvgIpc) is 3.53. The average molecular weight is 1230 g/mol. The fourth-order valence-corrected chi connectivity index (χ4v) is 8.70. The number of nitrogens with two attached hydrogens (primary N) is 11. The molecule has 0 fully saturated rings. The molecular formula is C53H105N21O12. The van der Waals surface area contributed by atoms with Gasteiger partial charge in [0.15, 0.2) is 11.9 Å². The molecule has 0 saturated heterocycles. The van der Waals surface area contributed by atoms with E-state index in [1.807, 2.05) is 0 Å². The van der Waals surface area contributed by atoms with Gasteiger partial charge in [-0.3, -0.25) is 53.1 Å². The third-order valence-corrected chi connectivity index (χ3v) is 13.6. The molecule has 0 aromatic rings. The first kappa shape index (κ1) is 79.0. The lowest BCUT2D eigenvalue weighted by Crippen LogP contribution is -2.60. The number of unbranched alkanes of at least 4 members (excludes halogenated alkanes) is 6. The molecule has 0 rings (SSSR count). The lowest BCUT2D eigenvalue weighted by atomic mass is 10.0. The first-order valence-corrected chi connectivity index (χ1v) is 29.9. The van der Waals surface area contributed by atoms with E-state index in [0.29, 0.717) is 90.1 Å². The van der Waals surface area contributed by atoms with Gasteiger partial charge in [0.05, 0.1) is 6.04 Å². The summed E-state index contributed by atoms with van der Waals surface area (Å²) in [5.74, 6) is -9.80. The van der Waals surface area contributed by atoms with Crippen LogP contribution in [0.3, 0.4) is 0 Å². The lowest BCUT2D eigenvalue weighted by Gasteiger charge is -2.28. The highest BCUT2D eigenvalue weighted by molar-refractivity contribution is 5.98. The molecule has 32 N–H and O–H groups in total. The van der Waals surface area contributed by atoms with E-state index < -0.39 is 126 Å². The molecule has 8 amide bonds. The van der Waals surface area contributed by atoms with Crippen LogP contribution >= 0.6 is 0 Å². The van der Waals surface area contributed by atoms with Gasteiger partial charge in [-0.2, -0.15) is 0 Å². The summed E-state index contributed by atoms with van der Waals surface area (Å²) in [5, 5.41) is 40.3. The van der Waals surface area contributed by atoms with Crippen LogP contribution in [0.15, 0.2) is 9.98 Å². The predicted octanol–water partition coefficient (Wildman–Crippen LogP) is -5.98. The normalized spacial score (nSPS) is 14.2. The minimum atomic E-state index is -1.59. The lowest BCUT2D eigenvalue weighted by molar-refractivity contribution is -0.143. The topological polar surface area (TPSA) is 618 Å². The zero-order chi connectivity index (χ0) is 64.8. The number of aliphatic carboxylic acids is 2. The summed E-state index contributed by atoms with van der Waals surface area (Å²) in [6.07, 6.45) is 4.63. The number of guanidine groups is 2. The molecule has 9 atom stereocenters. The highest BCUT2D eigenvalue weighted by Gasteiger charge is 2.35. The summed E-state index contributed by atoms with van der Waals surface area (Å²) in [6.45, 7) is 1.70. The molecule has 0 aromatic carbocycles. The number of hydrogen-bond donors (Lipinski definition) is 21. The van der Waals surface area contributed by atoms with Crippen molar-refractivity contribution in [2.24, 2.45) is 73.1 Å². The second kappa shape index (κ2) is 48.1. The number of carboxylic acid groups (broad SMARTS) is 2. The van der Waals surface area contributed by atoms with E-state index >= 15 is 0 Å². The fraction of sp³-hybridized carbons (Fsp3) is 0.774. The number of amides is 8. The largest absolute Gasteiger partial charge is 0.481 e. The van der Waals surface area contributed by atoms with E-state index in [1.54, 1.807) is 0 Å². The SMILES string of the molecule is NCCCC[C@H](NC(=O)[C@H](CCC(=O)O)NC(=O)[C@H](CCCN=C(N)N)NC(=O)[C@H](CCCCN)NC(=O)[C@H](CCCN=C(N)N)NC(=O)[C@H](CCCCN)NC(=O)[C@H](CCCCN)NC(=O)[C@H](CCCCN)NC(=O)[C@@H](N)CCCCN)C(=O)O. The fourth-order valence-electron chi connectivity index (χ4n) is 8.70. The molecular weight excluding hydrogens is 1120 g/mol. The Morgan fingerprint density at radius 3 is 0.767 bits per heavy atom. The van der Waals surface area contributed by atoms with Crippen molar-refractivity contribution in [3.8, 4) is 0 Å². The first-order chi connectivity index (χ1) is 41.0. The van der Waals surface area contributed by atoms with E-state index in [0.717, 1.165) is 0 Å². The van der Waals surface area contributed by atoms with Crippen molar-refractivity contribution in [3.05, 3.63) is 0 Å².